The van der Waals surface area contributed by atoms with E-state index in [9.17, 15) is 4.39 Å². The van der Waals surface area contributed by atoms with E-state index in [1.807, 2.05) is 20.0 Å². The summed E-state index contributed by atoms with van der Waals surface area (Å²) in [6, 6.07) is 16.0. The molecule has 0 spiro atoms. The largest absolute Gasteiger partial charge is 0.464 e. The molecule has 1 atom stereocenters. The molecule has 5 rings (SSSR count). The van der Waals surface area contributed by atoms with Gasteiger partial charge in [-0.3, -0.25) is 4.57 Å². The summed E-state index contributed by atoms with van der Waals surface area (Å²) in [5.41, 5.74) is 3.29. The molecule has 134 valence electrons. The Labute approximate surface area is 170 Å². The molecule has 4 aromatic rings. The smallest absolute Gasteiger partial charge is 0.212 e. The van der Waals surface area contributed by atoms with Gasteiger partial charge in [-0.05, 0) is 55.0 Å². The molecule has 27 heavy (non-hydrogen) atoms. The van der Waals surface area contributed by atoms with Gasteiger partial charge in [-0.2, -0.15) is 0 Å². The van der Waals surface area contributed by atoms with Crippen molar-refractivity contribution in [2.75, 3.05) is 0 Å². The van der Waals surface area contributed by atoms with Crippen LogP contribution in [0.3, 0.4) is 0 Å². The maximum atomic E-state index is 14.9. The summed E-state index contributed by atoms with van der Waals surface area (Å²) in [7, 11) is 1.89. The normalized spacial score (nSPS) is 15.4. The topological polar surface area (TPSA) is 14.2 Å². The SMILES string of the molecule is Bc1cc(F)c2c(c1)OC(c1ccc(CC)s1)n1c-2cc2cc(Br)ccc21. The monoisotopic (exact) mass is 439 g/mol. The standard InChI is InChI=1S/C21H16BBrFNOS/c1-2-14-4-6-19(27-14)21-25-16-5-3-13(23)7-11(16)8-17(25)20-15(24)9-12(22)10-18(20)26-21/h3-10,21H,2,22H2,1H3. The minimum Gasteiger partial charge on any atom is -0.464 e. The number of hydrogen-bond acceptors (Lipinski definition) is 2. The molecule has 0 saturated carbocycles. The molecule has 2 nitrogen and oxygen atoms in total. The highest BCUT2D eigenvalue weighted by Crippen LogP contribution is 2.46. The molecule has 0 saturated heterocycles. The fourth-order valence-corrected chi connectivity index (χ4v) is 5.13. The van der Waals surface area contributed by atoms with E-state index < -0.39 is 0 Å². The lowest BCUT2D eigenvalue weighted by Gasteiger charge is -2.30. The van der Waals surface area contributed by atoms with Crippen molar-refractivity contribution in [2.24, 2.45) is 0 Å². The number of thiophene rings is 1. The number of hydrogen-bond donors (Lipinski definition) is 0. The Balaban J connectivity index is 1.82. The van der Waals surface area contributed by atoms with Gasteiger partial charge in [0.15, 0.2) is 0 Å². The third kappa shape index (κ3) is 2.65. The number of halogens is 2. The summed E-state index contributed by atoms with van der Waals surface area (Å²) >= 11 is 5.29. The van der Waals surface area contributed by atoms with Gasteiger partial charge in [-0.25, -0.2) is 4.39 Å². The van der Waals surface area contributed by atoms with Gasteiger partial charge in [0.05, 0.1) is 21.7 Å². The van der Waals surface area contributed by atoms with Gasteiger partial charge >= 0.3 is 0 Å². The molecule has 0 aliphatic carbocycles. The van der Waals surface area contributed by atoms with Gasteiger partial charge in [0.1, 0.15) is 19.4 Å². The zero-order valence-electron chi connectivity index (χ0n) is 14.9. The van der Waals surface area contributed by atoms with Crippen molar-refractivity contribution in [3.05, 3.63) is 68.6 Å². The van der Waals surface area contributed by atoms with Gasteiger partial charge in [0.2, 0.25) is 6.23 Å². The van der Waals surface area contributed by atoms with Crippen LogP contribution in [0.1, 0.15) is 22.9 Å². The first-order valence-electron chi connectivity index (χ1n) is 8.91. The van der Waals surface area contributed by atoms with E-state index in [1.54, 1.807) is 17.4 Å². The molecule has 1 aliphatic heterocycles. The summed E-state index contributed by atoms with van der Waals surface area (Å²) in [5.74, 6) is 0.366. The van der Waals surface area contributed by atoms with Gasteiger partial charge in [0.25, 0.3) is 0 Å². The molecule has 3 heterocycles. The van der Waals surface area contributed by atoms with Crippen LogP contribution >= 0.6 is 27.3 Å². The molecule has 2 aromatic heterocycles. The van der Waals surface area contributed by atoms with Crippen LogP contribution in [0.25, 0.3) is 22.2 Å². The van der Waals surface area contributed by atoms with E-state index >= 15 is 0 Å². The molecule has 0 fully saturated rings. The number of benzene rings is 2. The number of rotatable bonds is 2. The second-order valence-electron chi connectivity index (χ2n) is 6.85. The second-order valence-corrected chi connectivity index (χ2v) is 8.97. The zero-order valence-corrected chi connectivity index (χ0v) is 17.3. The highest BCUT2D eigenvalue weighted by molar-refractivity contribution is 9.10. The molecule has 0 amide bonds. The van der Waals surface area contributed by atoms with Crippen LogP contribution in [-0.2, 0) is 6.42 Å². The molecule has 0 bridgehead atoms. The first kappa shape index (κ1) is 17.1. The Kier molecular flexibility index (Phi) is 3.95. The van der Waals surface area contributed by atoms with Crippen LogP contribution in [0, 0.1) is 5.82 Å². The van der Waals surface area contributed by atoms with E-state index in [2.05, 4.69) is 57.8 Å². The van der Waals surface area contributed by atoms with Crippen molar-refractivity contribution in [1.82, 2.24) is 4.57 Å². The fraction of sp³-hybridized carbons (Fsp3) is 0.143. The Hall–Kier alpha value is -2.05. The Morgan fingerprint density at radius 2 is 2.04 bits per heavy atom. The highest BCUT2D eigenvalue weighted by atomic mass is 79.9. The van der Waals surface area contributed by atoms with E-state index in [0.29, 0.717) is 11.3 Å². The molecule has 1 aliphatic rings. The van der Waals surface area contributed by atoms with Gasteiger partial charge < -0.3 is 4.74 Å². The maximum absolute atomic E-state index is 14.9. The summed E-state index contributed by atoms with van der Waals surface area (Å²) in [4.78, 5) is 2.44. The summed E-state index contributed by atoms with van der Waals surface area (Å²) in [6.45, 7) is 2.15. The summed E-state index contributed by atoms with van der Waals surface area (Å²) in [6.07, 6.45) is 0.700. The van der Waals surface area contributed by atoms with Crippen molar-refractivity contribution < 1.29 is 9.13 Å². The van der Waals surface area contributed by atoms with Crippen molar-refractivity contribution >= 4 is 51.5 Å². The second kappa shape index (κ2) is 6.25. The highest BCUT2D eigenvalue weighted by Gasteiger charge is 2.32. The summed E-state index contributed by atoms with van der Waals surface area (Å²) < 4.78 is 24.4. The zero-order chi connectivity index (χ0) is 18.7. The molecule has 0 N–H and O–H groups in total. The van der Waals surface area contributed by atoms with Crippen LogP contribution in [0.5, 0.6) is 5.75 Å². The van der Waals surface area contributed by atoms with Crippen molar-refractivity contribution in [1.29, 1.82) is 0 Å². The first-order chi connectivity index (χ1) is 13.0. The fourth-order valence-electron chi connectivity index (χ4n) is 3.78. The van der Waals surface area contributed by atoms with Crippen LogP contribution in [0.2, 0.25) is 0 Å². The third-order valence-electron chi connectivity index (χ3n) is 5.00. The minimum absolute atomic E-state index is 0.244. The molecule has 0 radical (unpaired) electrons. The molecule has 2 aromatic carbocycles. The number of ether oxygens (including phenoxy) is 1. The number of aromatic nitrogens is 1. The average molecular weight is 440 g/mol. The minimum atomic E-state index is -0.294. The van der Waals surface area contributed by atoms with Crippen molar-refractivity contribution in [3.63, 3.8) is 0 Å². The molecular formula is C21H16BBrFNOS. The molecule has 6 heteroatoms. The van der Waals surface area contributed by atoms with Crippen LogP contribution in [-0.4, -0.2) is 12.4 Å². The van der Waals surface area contributed by atoms with Crippen LogP contribution in [0.4, 0.5) is 4.39 Å². The quantitative estimate of drug-likeness (QED) is 0.399. The van der Waals surface area contributed by atoms with Crippen molar-refractivity contribution in [3.8, 4) is 17.0 Å². The van der Waals surface area contributed by atoms with E-state index in [1.165, 1.54) is 4.88 Å². The molecule has 1 unspecified atom stereocenters. The van der Waals surface area contributed by atoms with E-state index in [4.69, 9.17) is 4.74 Å². The van der Waals surface area contributed by atoms with Crippen LogP contribution in [0.15, 0.2) is 53.0 Å². The lowest BCUT2D eigenvalue weighted by molar-refractivity contribution is 0.176. The number of fused-ring (bicyclic) bond motifs is 5. The molecular weight excluding hydrogens is 424 g/mol. The lowest BCUT2D eigenvalue weighted by atomic mass is 9.93. The number of nitrogens with zero attached hydrogens (tertiary/aromatic N) is 1. The Bertz CT molecular complexity index is 1200. The van der Waals surface area contributed by atoms with E-state index in [-0.39, 0.29) is 12.0 Å². The Morgan fingerprint density at radius 3 is 2.81 bits per heavy atom. The summed E-state index contributed by atoms with van der Waals surface area (Å²) in [5, 5.41) is 1.06. The predicted octanol–water partition coefficient (Wildman–Crippen LogP) is 5.03. The van der Waals surface area contributed by atoms with Gasteiger partial charge in [-0.15, -0.1) is 11.3 Å². The average Bonchev–Trinajstić information content (AvgIpc) is 3.24. The van der Waals surface area contributed by atoms with Gasteiger partial charge in [-0.1, -0.05) is 28.3 Å². The predicted molar refractivity (Wildman–Crippen MR) is 116 cm³/mol. The van der Waals surface area contributed by atoms with Gasteiger partial charge in [0, 0.05) is 14.7 Å². The Morgan fingerprint density at radius 1 is 1.19 bits per heavy atom. The lowest BCUT2D eigenvalue weighted by Crippen LogP contribution is -2.23. The van der Waals surface area contributed by atoms with Crippen molar-refractivity contribution in [2.45, 2.75) is 19.6 Å². The number of aryl methyl sites for hydroxylation is 1. The third-order valence-corrected chi connectivity index (χ3v) is 6.76. The van der Waals surface area contributed by atoms with Crippen LogP contribution < -0.4 is 10.2 Å². The maximum Gasteiger partial charge on any atom is 0.212 e. The first-order valence-corrected chi connectivity index (χ1v) is 10.5. The van der Waals surface area contributed by atoms with E-state index in [0.717, 1.165) is 37.8 Å².